The van der Waals surface area contributed by atoms with Crippen LogP contribution in [-0.2, 0) is 21.7 Å². The number of halogens is 1. The Morgan fingerprint density at radius 1 is 1.05 bits per heavy atom. The number of nitrogens with one attached hydrogen (secondary N) is 1. The van der Waals surface area contributed by atoms with E-state index >= 15 is 0 Å². The average Bonchev–Trinajstić information content (AvgIpc) is 3.51. The van der Waals surface area contributed by atoms with Crippen LogP contribution in [0.3, 0.4) is 0 Å². The molecule has 1 aliphatic heterocycles. The molecule has 1 N–H and O–H groups in total. The third kappa shape index (κ3) is 3.56. The van der Waals surface area contributed by atoms with Gasteiger partial charge in [-0.2, -0.15) is 0 Å². The van der Waals surface area contributed by atoms with E-state index in [0.29, 0.717) is 45.2 Å². The number of hydrogen-bond donors (Lipinski definition) is 1. The first-order valence-electron chi connectivity index (χ1n) is 11.2. The number of cyclic esters (lactones) is 1. The summed E-state index contributed by atoms with van der Waals surface area (Å²) in [5.74, 6) is -0.230. The Hall–Kier alpha value is -4.26. The van der Waals surface area contributed by atoms with Crippen LogP contribution in [0.15, 0.2) is 70.0 Å². The number of aldehydes is 1. The van der Waals surface area contributed by atoms with Gasteiger partial charge in [-0.15, -0.1) is 0 Å². The van der Waals surface area contributed by atoms with Crippen molar-refractivity contribution in [3.8, 4) is 5.82 Å². The molecule has 0 bridgehead atoms. The molecular formula is C26H17IN4O6. The standard InChI is InChI=1S/C26H17IN4O6/c1-26(23(33)28-24(34)36-26)16-7-9-18(27)15(11-16)12-30-19-4-2-3-5-20(19)31(25(30)35)22-17-8-6-14(13-32)10-21(17)37-29-22/h2-11,13H,12H2,1H3,(H,28,33,34)/t26-/m1/s1. The lowest BCUT2D eigenvalue weighted by molar-refractivity contribution is -0.130. The predicted molar refractivity (Wildman–Crippen MR) is 141 cm³/mol. The number of nitrogens with zero attached hydrogens (tertiary/aromatic N) is 3. The fourth-order valence-corrected chi connectivity index (χ4v) is 5.07. The summed E-state index contributed by atoms with van der Waals surface area (Å²) in [5.41, 5.74) is 1.59. The van der Waals surface area contributed by atoms with Gasteiger partial charge < -0.3 is 9.26 Å². The van der Waals surface area contributed by atoms with Crippen molar-refractivity contribution in [3.05, 3.63) is 91.4 Å². The van der Waals surface area contributed by atoms with Gasteiger partial charge in [0.15, 0.2) is 11.4 Å². The van der Waals surface area contributed by atoms with E-state index in [9.17, 15) is 19.2 Å². The van der Waals surface area contributed by atoms with E-state index in [4.69, 9.17) is 9.26 Å². The molecule has 0 saturated carbocycles. The van der Waals surface area contributed by atoms with Crippen LogP contribution in [0.2, 0.25) is 0 Å². The fourth-order valence-electron chi connectivity index (χ4n) is 4.56. The number of amides is 2. The van der Waals surface area contributed by atoms with Gasteiger partial charge in [0.05, 0.1) is 23.0 Å². The minimum Gasteiger partial charge on any atom is -0.428 e. The van der Waals surface area contributed by atoms with Crippen molar-refractivity contribution in [1.29, 1.82) is 0 Å². The van der Waals surface area contributed by atoms with Crippen molar-refractivity contribution in [2.75, 3.05) is 0 Å². The van der Waals surface area contributed by atoms with Gasteiger partial charge >= 0.3 is 11.8 Å². The molecule has 37 heavy (non-hydrogen) atoms. The molecule has 0 radical (unpaired) electrons. The number of carbonyl (C=O) groups is 3. The van der Waals surface area contributed by atoms with Crippen molar-refractivity contribution in [2.24, 2.45) is 0 Å². The highest BCUT2D eigenvalue weighted by molar-refractivity contribution is 14.1. The number of ether oxygens (including phenoxy) is 1. The van der Waals surface area contributed by atoms with Gasteiger partial charge in [-0.1, -0.05) is 29.4 Å². The second kappa shape index (κ2) is 8.40. The SMILES string of the molecule is C[C@]1(c2ccc(I)c(Cn3c(=O)n(-c4noc5cc(C=O)ccc45)c4ccccc43)c2)OC(=O)NC1=O. The molecule has 3 heterocycles. The number of aromatic nitrogens is 3. The van der Waals surface area contributed by atoms with Crippen LogP contribution >= 0.6 is 22.6 Å². The predicted octanol–water partition coefficient (Wildman–Crippen LogP) is 3.88. The van der Waals surface area contributed by atoms with E-state index < -0.39 is 17.6 Å². The number of rotatable bonds is 5. The Morgan fingerprint density at radius 2 is 1.84 bits per heavy atom. The first-order valence-corrected chi connectivity index (χ1v) is 12.3. The molecule has 1 saturated heterocycles. The van der Waals surface area contributed by atoms with Crippen molar-refractivity contribution >= 4 is 62.9 Å². The Morgan fingerprint density at radius 3 is 2.57 bits per heavy atom. The van der Waals surface area contributed by atoms with Gasteiger partial charge in [-0.25, -0.2) is 14.2 Å². The Labute approximate surface area is 221 Å². The molecule has 184 valence electrons. The molecule has 1 fully saturated rings. The lowest BCUT2D eigenvalue weighted by Crippen LogP contribution is -2.33. The van der Waals surface area contributed by atoms with Crippen LogP contribution in [0.1, 0.15) is 28.4 Å². The molecule has 0 spiro atoms. The lowest BCUT2D eigenvalue weighted by Gasteiger charge is -2.21. The molecule has 6 rings (SSSR count). The van der Waals surface area contributed by atoms with E-state index in [1.165, 1.54) is 11.5 Å². The molecule has 1 atom stereocenters. The van der Waals surface area contributed by atoms with E-state index in [1.807, 2.05) is 30.3 Å². The van der Waals surface area contributed by atoms with Crippen molar-refractivity contribution < 1.29 is 23.6 Å². The maximum absolute atomic E-state index is 13.8. The maximum Gasteiger partial charge on any atom is 0.415 e. The van der Waals surface area contributed by atoms with Gasteiger partial charge in [0.1, 0.15) is 6.29 Å². The van der Waals surface area contributed by atoms with Crippen LogP contribution in [0, 0.1) is 3.57 Å². The van der Waals surface area contributed by atoms with Crippen LogP contribution < -0.4 is 11.0 Å². The van der Waals surface area contributed by atoms with Crippen molar-refractivity contribution in [2.45, 2.75) is 19.1 Å². The molecule has 2 amide bonds. The Bertz CT molecular complexity index is 1830. The van der Waals surface area contributed by atoms with E-state index in [-0.39, 0.29) is 12.2 Å². The Balaban J connectivity index is 1.50. The van der Waals surface area contributed by atoms with Gasteiger partial charge in [0.25, 0.3) is 5.91 Å². The number of para-hydroxylation sites is 2. The topological polar surface area (TPSA) is 125 Å². The van der Waals surface area contributed by atoms with E-state index in [1.54, 1.807) is 34.9 Å². The number of alkyl carbamates (subject to hydrolysis) is 1. The van der Waals surface area contributed by atoms with Gasteiger partial charge in [0.2, 0.25) is 5.60 Å². The molecule has 5 aromatic rings. The number of hydrogen-bond acceptors (Lipinski definition) is 7. The minimum absolute atomic E-state index is 0.190. The first-order chi connectivity index (χ1) is 17.8. The summed E-state index contributed by atoms with van der Waals surface area (Å²) in [6, 6.07) is 17.5. The van der Waals surface area contributed by atoms with Gasteiger partial charge in [0, 0.05) is 14.7 Å². The summed E-state index contributed by atoms with van der Waals surface area (Å²) in [5, 5.41) is 6.90. The minimum atomic E-state index is -1.46. The van der Waals surface area contributed by atoms with Gasteiger partial charge in [-0.3, -0.25) is 19.5 Å². The number of imidazole rings is 1. The highest BCUT2D eigenvalue weighted by Crippen LogP contribution is 2.32. The largest absolute Gasteiger partial charge is 0.428 e. The first kappa shape index (κ1) is 23.2. The van der Waals surface area contributed by atoms with Crippen LogP contribution in [0.5, 0.6) is 0 Å². The molecule has 0 aliphatic carbocycles. The number of carbonyl (C=O) groups excluding carboxylic acids is 3. The van der Waals surface area contributed by atoms with Gasteiger partial charge in [-0.05, 0) is 71.5 Å². The van der Waals surface area contributed by atoms with Crippen molar-refractivity contribution in [3.63, 3.8) is 0 Å². The highest BCUT2D eigenvalue weighted by Gasteiger charge is 2.46. The molecule has 3 aromatic carbocycles. The Kier molecular flexibility index (Phi) is 5.26. The van der Waals surface area contributed by atoms with Crippen LogP contribution in [0.25, 0.3) is 27.8 Å². The van der Waals surface area contributed by atoms with Crippen LogP contribution in [0.4, 0.5) is 4.79 Å². The van der Waals surface area contributed by atoms with Crippen molar-refractivity contribution in [1.82, 2.24) is 19.6 Å². The van der Waals surface area contributed by atoms with E-state index in [2.05, 4.69) is 33.1 Å². The molecule has 0 unspecified atom stereocenters. The highest BCUT2D eigenvalue weighted by atomic mass is 127. The summed E-state index contributed by atoms with van der Waals surface area (Å²) in [6.45, 7) is 1.72. The summed E-state index contributed by atoms with van der Waals surface area (Å²) in [4.78, 5) is 49.1. The summed E-state index contributed by atoms with van der Waals surface area (Å²) >= 11 is 2.17. The normalized spacial score (nSPS) is 17.4. The van der Waals surface area contributed by atoms with Crippen LogP contribution in [-0.4, -0.2) is 32.6 Å². The fraction of sp³-hybridized carbons (Fsp3) is 0.115. The average molecular weight is 608 g/mol. The molecule has 10 nitrogen and oxygen atoms in total. The second-order valence-corrected chi connectivity index (χ2v) is 9.92. The number of imide groups is 1. The smallest absolute Gasteiger partial charge is 0.415 e. The molecule has 11 heteroatoms. The third-order valence-corrected chi connectivity index (χ3v) is 7.58. The lowest BCUT2D eigenvalue weighted by atomic mass is 9.94. The zero-order chi connectivity index (χ0) is 25.9. The second-order valence-electron chi connectivity index (χ2n) is 8.76. The summed E-state index contributed by atoms with van der Waals surface area (Å²) in [6.07, 6.45) is -0.0848. The maximum atomic E-state index is 13.8. The quantitative estimate of drug-likeness (QED) is 0.237. The number of fused-ring (bicyclic) bond motifs is 2. The third-order valence-electron chi connectivity index (χ3n) is 6.53. The van der Waals surface area contributed by atoms with E-state index in [0.717, 1.165) is 9.13 Å². The zero-order valence-electron chi connectivity index (χ0n) is 19.2. The zero-order valence-corrected chi connectivity index (χ0v) is 21.4. The number of benzene rings is 3. The molecule has 1 aliphatic rings. The summed E-state index contributed by atoms with van der Waals surface area (Å²) in [7, 11) is 0. The molecular weight excluding hydrogens is 591 g/mol. The monoisotopic (exact) mass is 608 g/mol. The summed E-state index contributed by atoms with van der Waals surface area (Å²) < 4.78 is 14.7. The molecule has 2 aromatic heterocycles.